The lowest BCUT2D eigenvalue weighted by Gasteiger charge is -2.24. The summed E-state index contributed by atoms with van der Waals surface area (Å²) in [5.41, 5.74) is 6.20. The van der Waals surface area contributed by atoms with Crippen LogP contribution in [0, 0.1) is 0 Å². The van der Waals surface area contributed by atoms with Crippen molar-refractivity contribution in [3.8, 4) is 0 Å². The first-order chi connectivity index (χ1) is 8.66. The zero-order valence-corrected chi connectivity index (χ0v) is 11.6. The summed E-state index contributed by atoms with van der Waals surface area (Å²) in [4.78, 5) is 6.61. The van der Waals surface area contributed by atoms with Gasteiger partial charge in [-0.2, -0.15) is 0 Å². The summed E-state index contributed by atoms with van der Waals surface area (Å²) in [6, 6.07) is 2.47. The molecule has 0 radical (unpaired) electrons. The summed E-state index contributed by atoms with van der Waals surface area (Å²) in [5, 5.41) is 3.84. The van der Waals surface area contributed by atoms with E-state index in [4.69, 9.17) is 17.3 Å². The lowest BCUT2D eigenvalue weighted by molar-refractivity contribution is 0.254. The summed E-state index contributed by atoms with van der Waals surface area (Å²) >= 11 is 6.05. The van der Waals surface area contributed by atoms with E-state index in [9.17, 15) is 0 Å². The van der Waals surface area contributed by atoms with Crippen molar-refractivity contribution in [1.82, 2.24) is 9.88 Å². The number of halogens is 1. The number of rotatable bonds is 5. The molecule has 1 fully saturated rings. The zero-order chi connectivity index (χ0) is 13.0. The van der Waals surface area contributed by atoms with E-state index >= 15 is 0 Å². The van der Waals surface area contributed by atoms with Crippen LogP contribution in [0.4, 0.5) is 11.5 Å². The molecule has 0 atom stereocenters. The monoisotopic (exact) mass is 268 g/mol. The second-order valence-electron chi connectivity index (χ2n) is 4.94. The quantitative estimate of drug-likeness (QED) is 0.862. The van der Waals surface area contributed by atoms with Crippen molar-refractivity contribution in [2.45, 2.75) is 31.7 Å². The number of aromatic nitrogens is 1. The Labute approximate surface area is 114 Å². The molecule has 5 heteroatoms. The first-order valence-corrected chi connectivity index (χ1v) is 6.90. The average molecular weight is 269 g/mol. The number of pyridine rings is 1. The highest BCUT2D eigenvalue weighted by Gasteiger charge is 2.18. The van der Waals surface area contributed by atoms with Crippen LogP contribution in [0.3, 0.4) is 0 Å². The Bertz CT molecular complexity index is 391. The summed E-state index contributed by atoms with van der Waals surface area (Å²) < 4.78 is 0. The Balaban J connectivity index is 1.77. The maximum absolute atomic E-state index is 6.05. The van der Waals surface area contributed by atoms with E-state index in [1.165, 1.54) is 25.7 Å². The van der Waals surface area contributed by atoms with Gasteiger partial charge in [-0.3, -0.25) is 0 Å². The van der Waals surface area contributed by atoms with Crippen LogP contribution in [0.25, 0.3) is 0 Å². The van der Waals surface area contributed by atoms with Gasteiger partial charge in [-0.15, -0.1) is 0 Å². The predicted molar refractivity (Wildman–Crippen MR) is 77.0 cm³/mol. The Morgan fingerprint density at radius 2 is 2.22 bits per heavy atom. The van der Waals surface area contributed by atoms with Crippen molar-refractivity contribution in [2.75, 3.05) is 31.2 Å². The summed E-state index contributed by atoms with van der Waals surface area (Å²) in [6.45, 7) is 1.86. The van der Waals surface area contributed by atoms with Gasteiger partial charge in [-0.05, 0) is 26.0 Å². The third-order valence-electron chi connectivity index (χ3n) is 3.57. The van der Waals surface area contributed by atoms with Crippen LogP contribution in [0.5, 0.6) is 0 Å². The molecule has 100 valence electrons. The minimum Gasteiger partial charge on any atom is -0.397 e. The number of nitrogens with two attached hydrogens (primary N) is 1. The number of hydrogen-bond donors (Lipinski definition) is 2. The van der Waals surface area contributed by atoms with E-state index in [1.807, 2.05) is 0 Å². The second kappa shape index (κ2) is 6.25. The van der Waals surface area contributed by atoms with Crippen LogP contribution in [-0.2, 0) is 0 Å². The molecule has 1 saturated carbocycles. The highest BCUT2D eigenvalue weighted by atomic mass is 35.5. The number of nitrogens with one attached hydrogen (secondary N) is 1. The topological polar surface area (TPSA) is 54.2 Å². The number of anilines is 2. The van der Waals surface area contributed by atoms with Crippen LogP contribution in [0.15, 0.2) is 12.3 Å². The standard InChI is InChI=1S/C13H21ClN4/c1-18(11-4-2-3-5-11)7-6-16-13-12(14)8-10(15)9-17-13/h8-9,11H,2-7,15H2,1H3,(H,16,17). The smallest absolute Gasteiger partial charge is 0.144 e. The Morgan fingerprint density at radius 3 is 2.89 bits per heavy atom. The molecule has 0 spiro atoms. The van der Waals surface area contributed by atoms with Crippen LogP contribution < -0.4 is 11.1 Å². The van der Waals surface area contributed by atoms with Crippen LogP contribution in [-0.4, -0.2) is 36.1 Å². The van der Waals surface area contributed by atoms with Crippen LogP contribution in [0.1, 0.15) is 25.7 Å². The molecule has 3 N–H and O–H groups in total. The van der Waals surface area contributed by atoms with Gasteiger partial charge in [-0.25, -0.2) is 4.98 Å². The van der Waals surface area contributed by atoms with Crippen molar-refractivity contribution in [3.05, 3.63) is 17.3 Å². The van der Waals surface area contributed by atoms with E-state index in [1.54, 1.807) is 12.3 Å². The summed E-state index contributed by atoms with van der Waals surface area (Å²) in [6.07, 6.45) is 7.02. The molecular weight excluding hydrogens is 248 g/mol. The van der Waals surface area contributed by atoms with E-state index in [-0.39, 0.29) is 0 Å². The third kappa shape index (κ3) is 3.50. The fourth-order valence-corrected chi connectivity index (χ4v) is 2.70. The number of nitrogen functional groups attached to an aromatic ring is 1. The van der Waals surface area contributed by atoms with Gasteiger partial charge in [0, 0.05) is 19.1 Å². The number of likely N-dealkylation sites (N-methyl/N-ethyl adjacent to an activating group) is 1. The Hall–Kier alpha value is -1.00. The molecule has 1 aliphatic rings. The first-order valence-electron chi connectivity index (χ1n) is 6.52. The van der Waals surface area contributed by atoms with Gasteiger partial charge in [0.15, 0.2) is 0 Å². The van der Waals surface area contributed by atoms with Crippen molar-refractivity contribution in [1.29, 1.82) is 0 Å². The lowest BCUT2D eigenvalue weighted by Crippen LogP contribution is -2.33. The van der Waals surface area contributed by atoms with Gasteiger partial charge in [0.2, 0.25) is 0 Å². The van der Waals surface area contributed by atoms with E-state index in [2.05, 4.69) is 22.2 Å². The molecule has 1 aliphatic carbocycles. The van der Waals surface area contributed by atoms with Crippen LogP contribution in [0.2, 0.25) is 5.02 Å². The third-order valence-corrected chi connectivity index (χ3v) is 3.86. The Kier molecular flexibility index (Phi) is 4.66. The second-order valence-corrected chi connectivity index (χ2v) is 5.35. The normalized spacial score (nSPS) is 16.4. The molecule has 0 aliphatic heterocycles. The number of nitrogens with zero attached hydrogens (tertiary/aromatic N) is 2. The molecule has 1 aromatic heterocycles. The van der Waals surface area contributed by atoms with E-state index < -0.39 is 0 Å². The van der Waals surface area contributed by atoms with Gasteiger partial charge in [0.05, 0.1) is 16.9 Å². The lowest BCUT2D eigenvalue weighted by atomic mass is 10.2. The minimum atomic E-state index is 0.582. The molecule has 0 bridgehead atoms. The fraction of sp³-hybridized carbons (Fsp3) is 0.615. The molecule has 1 aromatic rings. The molecule has 1 heterocycles. The maximum atomic E-state index is 6.05. The first kappa shape index (κ1) is 13.4. The highest BCUT2D eigenvalue weighted by molar-refractivity contribution is 6.33. The minimum absolute atomic E-state index is 0.582. The molecular formula is C13H21ClN4. The summed E-state index contributed by atoms with van der Waals surface area (Å²) in [5.74, 6) is 0.714. The van der Waals surface area contributed by atoms with Crippen molar-refractivity contribution in [3.63, 3.8) is 0 Å². The van der Waals surface area contributed by atoms with Crippen molar-refractivity contribution in [2.24, 2.45) is 0 Å². The fourth-order valence-electron chi connectivity index (χ4n) is 2.46. The number of hydrogen-bond acceptors (Lipinski definition) is 4. The molecule has 0 saturated heterocycles. The van der Waals surface area contributed by atoms with Gasteiger partial charge < -0.3 is 16.0 Å². The van der Waals surface area contributed by atoms with Crippen molar-refractivity contribution < 1.29 is 0 Å². The van der Waals surface area contributed by atoms with Gasteiger partial charge in [0.25, 0.3) is 0 Å². The molecule has 0 amide bonds. The highest BCUT2D eigenvalue weighted by Crippen LogP contribution is 2.23. The largest absolute Gasteiger partial charge is 0.397 e. The summed E-state index contributed by atoms with van der Waals surface area (Å²) in [7, 11) is 2.19. The molecule has 18 heavy (non-hydrogen) atoms. The SMILES string of the molecule is CN(CCNc1ncc(N)cc1Cl)C1CCCC1. The maximum Gasteiger partial charge on any atom is 0.144 e. The Morgan fingerprint density at radius 1 is 1.50 bits per heavy atom. The molecule has 0 aromatic carbocycles. The van der Waals surface area contributed by atoms with Crippen LogP contribution >= 0.6 is 11.6 Å². The van der Waals surface area contributed by atoms with Crippen molar-refractivity contribution >= 4 is 23.1 Å². The molecule has 4 nitrogen and oxygen atoms in total. The average Bonchev–Trinajstić information content (AvgIpc) is 2.85. The van der Waals surface area contributed by atoms with E-state index in [0.29, 0.717) is 16.5 Å². The molecule has 2 rings (SSSR count). The van der Waals surface area contributed by atoms with Gasteiger partial charge >= 0.3 is 0 Å². The predicted octanol–water partition coefficient (Wildman–Crippen LogP) is 2.60. The van der Waals surface area contributed by atoms with Gasteiger partial charge in [0.1, 0.15) is 5.82 Å². The zero-order valence-electron chi connectivity index (χ0n) is 10.8. The van der Waals surface area contributed by atoms with Gasteiger partial charge in [-0.1, -0.05) is 24.4 Å². The molecule has 0 unspecified atom stereocenters. The van der Waals surface area contributed by atoms with E-state index in [0.717, 1.165) is 19.1 Å².